The Morgan fingerprint density at radius 3 is 2.65 bits per heavy atom. The molecular formula is C19H19BrN4OS. The normalized spacial score (nSPS) is 10.7. The van der Waals surface area contributed by atoms with Crippen LogP contribution >= 0.6 is 27.7 Å². The van der Waals surface area contributed by atoms with Gasteiger partial charge in [-0.05, 0) is 42.8 Å². The van der Waals surface area contributed by atoms with E-state index in [1.807, 2.05) is 66.9 Å². The number of thioether (sulfide) groups is 1. The first-order valence-electron chi connectivity index (χ1n) is 8.27. The summed E-state index contributed by atoms with van der Waals surface area (Å²) in [5, 5.41) is 12.2. The zero-order chi connectivity index (χ0) is 18.5. The van der Waals surface area contributed by atoms with Crippen LogP contribution in [0.25, 0.3) is 5.69 Å². The highest BCUT2D eigenvalue weighted by Gasteiger charge is 2.15. The number of hydrogen-bond acceptors (Lipinski definition) is 4. The van der Waals surface area contributed by atoms with Gasteiger partial charge < -0.3 is 5.32 Å². The smallest absolute Gasteiger partial charge is 0.234 e. The number of aryl methyl sites for hydroxylation is 2. The number of carbonyl (C=O) groups is 1. The van der Waals surface area contributed by atoms with Gasteiger partial charge in [-0.2, -0.15) is 0 Å². The summed E-state index contributed by atoms with van der Waals surface area (Å²) in [5.41, 5.74) is 2.83. The van der Waals surface area contributed by atoms with E-state index in [1.54, 1.807) is 0 Å². The molecule has 0 fully saturated rings. The number of halogens is 1. The standard InChI is InChI=1S/C19H19BrN4OS/c1-3-17-22-23-19(24(17)15-7-5-4-6-8-15)26-12-18(25)21-16-10-9-14(20)11-13(16)2/h4-11H,3,12H2,1-2H3,(H,21,25). The predicted octanol–water partition coefficient (Wildman–Crippen LogP) is 4.63. The fourth-order valence-corrected chi connectivity index (χ4v) is 3.79. The Morgan fingerprint density at radius 1 is 1.19 bits per heavy atom. The molecule has 5 nitrogen and oxygen atoms in total. The minimum Gasteiger partial charge on any atom is -0.325 e. The summed E-state index contributed by atoms with van der Waals surface area (Å²) in [5.74, 6) is 1.08. The summed E-state index contributed by atoms with van der Waals surface area (Å²) in [4.78, 5) is 12.3. The zero-order valence-electron chi connectivity index (χ0n) is 14.6. The Bertz CT molecular complexity index is 911. The summed E-state index contributed by atoms with van der Waals surface area (Å²) in [6.45, 7) is 4.01. The Kier molecular flexibility index (Phi) is 6.11. The van der Waals surface area contributed by atoms with Crippen LogP contribution in [-0.2, 0) is 11.2 Å². The van der Waals surface area contributed by atoms with Crippen LogP contribution in [0.1, 0.15) is 18.3 Å². The second-order valence-electron chi connectivity index (χ2n) is 5.72. The Labute approximate surface area is 165 Å². The Balaban J connectivity index is 1.72. The third-order valence-electron chi connectivity index (χ3n) is 3.83. The van der Waals surface area contributed by atoms with Gasteiger partial charge in [0.2, 0.25) is 5.91 Å². The first-order valence-corrected chi connectivity index (χ1v) is 10.0. The number of aromatic nitrogens is 3. The van der Waals surface area contributed by atoms with Crippen LogP contribution in [0.15, 0.2) is 58.2 Å². The van der Waals surface area contributed by atoms with Crippen molar-refractivity contribution in [1.29, 1.82) is 0 Å². The van der Waals surface area contributed by atoms with Crippen LogP contribution in [0.4, 0.5) is 5.69 Å². The molecule has 0 aliphatic heterocycles. The molecule has 0 aliphatic rings. The number of hydrogen-bond donors (Lipinski definition) is 1. The molecule has 0 radical (unpaired) electrons. The fourth-order valence-electron chi connectivity index (χ4n) is 2.54. The van der Waals surface area contributed by atoms with Gasteiger partial charge in [-0.3, -0.25) is 9.36 Å². The monoisotopic (exact) mass is 430 g/mol. The molecule has 1 amide bonds. The highest BCUT2D eigenvalue weighted by atomic mass is 79.9. The zero-order valence-corrected chi connectivity index (χ0v) is 17.0. The number of nitrogens with zero attached hydrogens (tertiary/aromatic N) is 3. The highest BCUT2D eigenvalue weighted by Crippen LogP contribution is 2.24. The average Bonchev–Trinajstić information content (AvgIpc) is 3.06. The minimum absolute atomic E-state index is 0.0684. The van der Waals surface area contributed by atoms with E-state index in [0.717, 1.165) is 38.8 Å². The van der Waals surface area contributed by atoms with Gasteiger partial charge >= 0.3 is 0 Å². The van der Waals surface area contributed by atoms with Crippen molar-refractivity contribution in [2.75, 3.05) is 11.1 Å². The number of para-hydroxylation sites is 1. The predicted molar refractivity (Wildman–Crippen MR) is 109 cm³/mol. The van der Waals surface area contributed by atoms with E-state index in [-0.39, 0.29) is 11.7 Å². The molecule has 3 rings (SSSR count). The number of carbonyl (C=O) groups excluding carboxylic acids is 1. The number of amides is 1. The summed E-state index contributed by atoms with van der Waals surface area (Å²) in [7, 11) is 0. The lowest BCUT2D eigenvalue weighted by Gasteiger charge is -2.10. The molecule has 0 atom stereocenters. The third kappa shape index (κ3) is 4.34. The molecule has 0 spiro atoms. The molecule has 1 N–H and O–H groups in total. The largest absolute Gasteiger partial charge is 0.325 e. The summed E-state index contributed by atoms with van der Waals surface area (Å²) < 4.78 is 2.99. The van der Waals surface area contributed by atoms with Crippen LogP contribution in [-0.4, -0.2) is 26.4 Å². The van der Waals surface area contributed by atoms with Crippen LogP contribution in [0.5, 0.6) is 0 Å². The SMILES string of the molecule is CCc1nnc(SCC(=O)Nc2ccc(Br)cc2C)n1-c1ccccc1. The van der Waals surface area contributed by atoms with Crippen LogP contribution < -0.4 is 5.32 Å². The topological polar surface area (TPSA) is 59.8 Å². The average molecular weight is 431 g/mol. The fraction of sp³-hybridized carbons (Fsp3) is 0.211. The molecule has 0 saturated heterocycles. The van der Waals surface area contributed by atoms with Crippen molar-refractivity contribution in [2.45, 2.75) is 25.4 Å². The Morgan fingerprint density at radius 2 is 1.96 bits per heavy atom. The second kappa shape index (κ2) is 8.51. The van der Waals surface area contributed by atoms with Crippen molar-refractivity contribution in [2.24, 2.45) is 0 Å². The summed E-state index contributed by atoms with van der Waals surface area (Å²) in [6, 6.07) is 15.7. The van der Waals surface area contributed by atoms with Crippen molar-refractivity contribution in [3.63, 3.8) is 0 Å². The van der Waals surface area contributed by atoms with Gasteiger partial charge in [0.15, 0.2) is 5.16 Å². The van der Waals surface area contributed by atoms with Crippen molar-refractivity contribution in [3.8, 4) is 5.69 Å². The molecule has 7 heteroatoms. The molecule has 1 heterocycles. The summed E-state index contributed by atoms with van der Waals surface area (Å²) >= 11 is 4.81. The van der Waals surface area contributed by atoms with Crippen molar-refractivity contribution in [1.82, 2.24) is 14.8 Å². The second-order valence-corrected chi connectivity index (χ2v) is 7.58. The van der Waals surface area contributed by atoms with Gasteiger partial charge in [-0.15, -0.1) is 10.2 Å². The molecule has 0 aliphatic carbocycles. The molecule has 134 valence electrons. The van der Waals surface area contributed by atoms with E-state index in [2.05, 4.69) is 31.4 Å². The molecule has 0 saturated carbocycles. The van der Waals surface area contributed by atoms with E-state index >= 15 is 0 Å². The van der Waals surface area contributed by atoms with Gasteiger partial charge in [0.1, 0.15) is 5.82 Å². The van der Waals surface area contributed by atoms with E-state index < -0.39 is 0 Å². The molecule has 1 aromatic heterocycles. The molecule has 3 aromatic rings. The van der Waals surface area contributed by atoms with Gasteiger partial charge in [-0.25, -0.2) is 0 Å². The van der Waals surface area contributed by atoms with Crippen LogP contribution in [0.3, 0.4) is 0 Å². The first kappa shape index (κ1) is 18.7. The lowest BCUT2D eigenvalue weighted by molar-refractivity contribution is -0.113. The lowest BCUT2D eigenvalue weighted by atomic mass is 10.2. The number of rotatable bonds is 6. The maximum absolute atomic E-state index is 12.3. The van der Waals surface area contributed by atoms with Crippen molar-refractivity contribution >= 4 is 39.3 Å². The van der Waals surface area contributed by atoms with Gasteiger partial charge in [0, 0.05) is 22.3 Å². The maximum Gasteiger partial charge on any atom is 0.234 e. The van der Waals surface area contributed by atoms with E-state index in [9.17, 15) is 4.79 Å². The lowest BCUT2D eigenvalue weighted by Crippen LogP contribution is -2.15. The van der Waals surface area contributed by atoms with Crippen molar-refractivity contribution < 1.29 is 4.79 Å². The molecule has 2 aromatic carbocycles. The third-order valence-corrected chi connectivity index (χ3v) is 5.25. The van der Waals surface area contributed by atoms with Crippen LogP contribution in [0, 0.1) is 6.92 Å². The molecule has 26 heavy (non-hydrogen) atoms. The molecular weight excluding hydrogens is 412 g/mol. The van der Waals surface area contributed by atoms with E-state index in [4.69, 9.17) is 0 Å². The van der Waals surface area contributed by atoms with E-state index in [0.29, 0.717) is 0 Å². The van der Waals surface area contributed by atoms with Crippen LogP contribution in [0.2, 0.25) is 0 Å². The quantitative estimate of drug-likeness (QED) is 0.578. The Hall–Kier alpha value is -2.12. The van der Waals surface area contributed by atoms with Gasteiger partial charge in [-0.1, -0.05) is 52.8 Å². The van der Waals surface area contributed by atoms with E-state index in [1.165, 1.54) is 11.8 Å². The number of nitrogens with one attached hydrogen (secondary N) is 1. The molecule has 0 unspecified atom stereocenters. The number of benzene rings is 2. The van der Waals surface area contributed by atoms with Gasteiger partial charge in [0.25, 0.3) is 0 Å². The highest BCUT2D eigenvalue weighted by molar-refractivity contribution is 9.10. The van der Waals surface area contributed by atoms with Crippen molar-refractivity contribution in [3.05, 3.63) is 64.4 Å². The maximum atomic E-state index is 12.3. The first-order chi connectivity index (χ1) is 12.6. The summed E-state index contributed by atoms with van der Waals surface area (Å²) in [6.07, 6.45) is 0.771. The minimum atomic E-state index is -0.0684. The molecule has 0 bridgehead atoms. The number of anilines is 1. The van der Waals surface area contributed by atoms with Gasteiger partial charge in [0.05, 0.1) is 5.75 Å².